The number of aryl methyl sites for hydroxylation is 2. The van der Waals surface area contributed by atoms with E-state index in [9.17, 15) is 9.59 Å². The Morgan fingerprint density at radius 2 is 1.80 bits per heavy atom. The fraction of sp³-hybridized carbons (Fsp3) is 0.308. The zero-order chi connectivity index (χ0) is 15.1. The number of carbonyl (C=O) groups excluding carboxylic acids is 2. The molecule has 0 radical (unpaired) electrons. The number of hydrogen-bond donors (Lipinski definition) is 2. The molecule has 0 heterocycles. The first-order chi connectivity index (χ1) is 9.43. The summed E-state index contributed by atoms with van der Waals surface area (Å²) in [5.74, 6) is -0.594. The zero-order valence-corrected chi connectivity index (χ0v) is 11.9. The summed E-state index contributed by atoms with van der Waals surface area (Å²) in [6.07, 6.45) is -0.323. The van der Waals surface area contributed by atoms with E-state index in [0.29, 0.717) is 10.8 Å². The number of benzene rings is 1. The molecule has 0 aliphatic carbocycles. The molecule has 1 rings (SSSR count). The van der Waals surface area contributed by atoms with Crippen molar-refractivity contribution >= 4 is 23.4 Å². The maximum atomic E-state index is 11.4. The summed E-state index contributed by atoms with van der Waals surface area (Å²) in [5.41, 5.74) is 5.93. The quantitative estimate of drug-likeness (QED) is 0.821. The van der Waals surface area contributed by atoms with Crippen LogP contribution in [0.25, 0.3) is 0 Å². The molecule has 0 bridgehead atoms. The van der Waals surface area contributed by atoms with E-state index in [1.807, 2.05) is 13.8 Å². The van der Waals surface area contributed by atoms with E-state index in [2.05, 4.69) is 10.9 Å². The first-order valence-electron chi connectivity index (χ1n) is 5.78. The van der Waals surface area contributed by atoms with Crippen LogP contribution in [0.4, 0.5) is 0 Å². The highest BCUT2D eigenvalue weighted by Crippen LogP contribution is 2.25. The standard InChI is InChI=1S/C13H14ClN3O3/c1-8-5-10(6-9(2)13(8)14)20-7-12(19)17-16-11(18)3-4-15/h5-6H,3,7H2,1-2H3,(H,16,18)(H,17,19). The summed E-state index contributed by atoms with van der Waals surface area (Å²) in [7, 11) is 0. The van der Waals surface area contributed by atoms with Crippen LogP contribution in [-0.4, -0.2) is 18.4 Å². The second-order valence-corrected chi connectivity index (χ2v) is 4.47. The van der Waals surface area contributed by atoms with E-state index in [1.165, 1.54) is 0 Å². The third-order valence-electron chi connectivity index (χ3n) is 2.36. The molecule has 0 spiro atoms. The van der Waals surface area contributed by atoms with Crippen molar-refractivity contribution in [2.24, 2.45) is 0 Å². The van der Waals surface area contributed by atoms with Gasteiger partial charge in [0.05, 0.1) is 6.07 Å². The molecule has 106 valence electrons. The van der Waals surface area contributed by atoms with Crippen LogP contribution >= 0.6 is 11.6 Å². The lowest BCUT2D eigenvalue weighted by molar-refractivity contribution is -0.129. The van der Waals surface area contributed by atoms with Gasteiger partial charge < -0.3 is 4.74 Å². The van der Waals surface area contributed by atoms with Crippen LogP contribution in [0.5, 0.6) is 5.75 Å². The van der Waals surface area contributed by atoms with Crippen LogP contribution in [0.1, 0.15) is 17.5 Å². The maximum absolute atomic E-state index is 11.4. The molecular weight excluding hydrogens is 282 g/mol. The molecule has 0 aliphatic heterocycles. The number of ether oxygens (including phenoxy) is 1. The molecule has 2 N–H and O–H groups in total. The molecule has 6 nitrogen and oxygen atoms in total. The van der Waals surface area contributed by atoms with Gasteiger partial charge in [-0.2, -0.15) is 5.26 Å². The minimum Gasteiger partial charge on any atom is -0.484 e. The van der Waals surface area contributed by atoms with Gasteiger partial charge in [-0.3, -0.25) is 20.4 Å². The van der Waals surface area contributed by atoms with Crippen LogP contribution in [0.2, 0.25) is 5.02 Å². The number of nitrogens with one attached hydrogen (secondary N) is 2. The van der Waals surface area contributed by atoms with Gasteiger partial charge in [-0.25, -0.2) is 0 Å². The van der Waals surface area contributed by atoms with Crippen molar-refractivity contribution in [3.63, 3.8) is 0 Å². The summed E-state index contributed by atoms with van der Waals surface area (Å²) >= 11 is 6.02. The van der Waals surface area contributed by atoms with Crippen molar-refractivity contribution in [3.05, 3.63) is 28.3 Å². The van der Waals surface area contributed by atoms with Gasteiger partial charge in [0.2, 0.25) is 0 Å². The minimum atomic E-state index is -0.584. The van der Waals surface area contributed by atoms with E-state index in [0.717, 1.165) is 11.1 Å². The largest absolute Gasteiger partial charge is 0.484 e. The van der Waals surface area contributed by atoms with Gasteiger partial charge in [0.1, 0.15) is 12.2 Å². The highest BCUT2D eigenvalue weighted by molar-refractivity contribution is 6.32. The van der Waals surface area contributed by atoms with Crippen LogP contribution in [0.15, 0.2) is 12.1 Å². The number of nitrogens with zero attached hydrogens (tertiary/aromatic N) is 1. The van der Waals surface area contributed by atoms with Crippen molar-refractivity contribution in [3.8, 4) is 11.8 Å². The molecule has 20 heavy (non-hydrogen) atoms. The molecular formula is C13H14ClN3O3. The maximum Gasteiger partial charge on any atom is 0.276 e. The fourth-order valence-corrected chi connectivity index (χ4v) is 1.54. The Hall–Kier alpha value is -2.26. The summed E-state index contributed by atoms with van der Waals surface area (Å²) in [5, 5.41) is 8.93. The van der Waals surface area contributed by atoms with Gasteiger partial charge in [0, 0.05) is 5.02 Å². The Balaban J connectivity index is 2.46. The van der Waals surface area contributed by atoms with Crippen molar-refractivity contribution in [1.82, 2.24) is 10.9 Å². The number of halogens is 1. The zero-order valence-electron chi connectivity index (χ0n) is 11.1. The van der Waals surface area contributed by atoms with Gasteiger partial charge in [0.25, 0.3) is 11.8 Å². The van der Waals surface area contributed by atoms with E-state index in [1.54, 1.807) is 18.2 Å². The molecule has 7 heteroatoms. The van der Waals surface area contributed by atoms with Gasteiger partial charge in [0.15, 0.2) is 6.61 Å². The number of amides is 2. The number of rotatable bonds is 4. The van der Waals surface area contributed by atoms with Gasteiger partial charge in [-0.05, 0) is 37.1 Å². The topological polar surface area (TPSA) is 91.2 Å². The third-order valence-corrected chi connectivity index (χ3v) is 2.96. The summed E-state index contributed by atoms with van der Waals surface area (Å²) in [6.45, 7) is 3.42. The Bertz CT molecular complexity index is 543. The molecule has 1 aromatic carbocycles. The highest BCUT2D eigenvalue weighted by atomic mass is 35.5. The lowest BCUT2D eigenvalue weighted by atomic mass is 10.1. The van der Waals surface area contributed by atoms with Gasteiger partial charge in [-0.1, -0.05) is 11.6 Å². The molecule has 0 unspecified atom stereocenters. The number of hydrogen-bond acceptors (Lipinski definition) is 4. The Morgan fingerprint density at radius 1 is 1.25 bits per heavy atom. The third kappa shape index (κ3) is 4.78. The second kappa shape index (κ2) is 7.36. The monoisotopic (exact) mass is 295 g/mol. The van der Waals surface area contributed by atoms with Gasteiger partial charge >= 0.3 is 0 Å². The Kier molecular flexibility index (Phi) is 5.81. The normalized spacial score (nSPS) is 9.50. The molecule has 0 saturated heterocycles. The summed E-state index contributed by atoms with van der Waals surface area (Å²) in [6, 6.07) is 5.10. The van der Waals surface area contributed by atoms with Gasteiger partial charge in [-0.15, -0.1) is 0 Å². The molecule has 0 aromatic heterocycles. The van der Waals surface area contributed by atoms with Crippen LogP contribution in [0, 0.1) is 25.2 Å². The van der Waals surface area contributed by atoms with Crippen molar-refractivity contribution in [2.75, 3.05) is 6.61 Å². The van der Waals surface area contributed by atoms with E-state index in [4.69, 9.17) is 21.6 Å². The van der Waals surface area contributed by atoms with Crippen molar-refractivity contribution < 1.29 is 14.3 Å². The molecule has 0 saturated carbocycles. The van der Waals surface area contributed by atoms with Crippen molar-refractivity contribution in [2.45, 2.75) is 20.3 Å². The molecule has 1 aromatic rings. The van der Waals surface area contributed by atoms with E-state index < -0.39 is 11.8 Å². The summed E-state index contributed by atoms with van der Waals surface area (Å²) < 4.78 is 5.29. The predicted octanol–water partition coefficient (Wildman–Crippen LogP) is 1.40. The first-order valence-corrected chi connectivity index (χ1v) is 6.16. The highest BCUT2D eigenvalue weighted by Gasteiger charge is 2.07. The first kappa shape index (κ1) is 15.8. The number of hydrazine groups is 1. The van der Waals surface area contributed by atoms with E-state index in [-0.39, 0.29) is 13.0 Å². The average Bonchev–Trinajstić information content (AvgIpc) is 2.40. The van der Waals surface area contributed by atoms with E-state index >= 15 is 0 Å². The molecule has 0 aliphatic rings. The minimum absolute atomic E-state index is 0.257. The smallest absolute Gasteiger partial charge is 0.276 e. The van der Waals surface area contributed by atoms with Crippen molar-refractivity contribution in [1.29, 1.82) is 5.26 Å². The number of carbonyl (C=O) groups is 2. The lowest BCUT2D eigenvalue weighted by Crippen LogP contribution is -2.43. The SMILES string of the molecule is Cc1cc(OCC(=O)NNC(=O)CC#N)cc(C)c1Cl. The lowest BCUT2D eigenvalue weighted by Gasteiger charge is -2.10. The Labute approximate surface area is 121 Å². The molecule has 0 atom stereocenters. The van der Waals surface area contributed by atoms with Crippen LogP contribution < -0.4 is 15.6 Å². The fourth-order valence-electron chi connectivity index (χ4n) is 1.43. The average molecular weight is 296 g/mol. The number of nitriles is 1. The second-order valence-electron chi connectivity index (χ2n) is 4.09. The predicted molar refractivity (Wildman–Crippen MR) is 72.9 cm³/mol. The molecule has 0 fully saturated rings. The van der Waals surface area contributed by atoms with Crippen LogP contribution in [0.3, 0.4) is 0 Å². The molecule has 2 amide bonds. The Morgan fingerprint density at radius 3 is 2.35 bits per heavy atom. The van der Waals surface area contributed by atoms with Crippen LogP contribution in [-0.2, 0) is 9.59 Å². The summed E-state index contributed by atoms with van der Waals surface area (Å²) in [4.78, 5) is 22.3.